The van der Waals surface area contributed by atoms with Crippen molar-refractivity contribution in [1.82, 2.24) is 5.43 Å². The highest BCUT2D eigenvalue weighted by molar-refractivity contribution is 5.83. The molecule has 0 bridgehead atoms. The molecule has 0 fully saturated rings. The summed E-state index contributed by atoms with van der Waals surface area (Å²) >= 11 is 0. The number of rotatable bonds is 6. The van der Waals surface area contributed by atoms with Gasteiger partial charge in [-0.1, -0.05) is 24.1 Å². The van der Waals surface area contributed by atoms with E-state index in [0.29, 0.717) is 17.2 Å². The van der Waals surface area contributed by atoms with Crippen LogP contribution in [0.15, 0.2) is 47.6 Å². The van der Waals surface area contributed by atoms with Gasteiger partial charge in [-0.25, -0.2) is 5.43 Å². The number of hydrogen-bond donors (Lipinski definition) is 1. The number of hydrazone groups is 1. The number of ether oxygens (including phenoxy) is 3. The number of carbonyl (C=O) groups is 1. The van der Waals surface area contributed by atoms with Crippen LogP contribution >= 0.6 is 0 Å². The number of hydrogen-bond acceptors (Lipinski definition) is 5. The maximum atomic E-state index is 12.0. The van der Waals surface area contributed by atoms with Crippen molar-refractivity contribution in [1.29, 1.82) is 0 Å². The summed E-state index contributed by atoms with van der Waals surface area (Å²) in [5.74, 6) is 4.16. The predicted molar refractivity (Wildman–Crippen MR) is 92.8 cm³/mol. The van der Waals surface area contributed by atoms with E-state index in [-0.39, 0.29) is 25.7 Å². The quantitative estimate of drug-likeness (QED) is 0.498. The zero-order valence-electron chi connectivity index (χ0n) is 13.4. The van der Waals surface area contributed by atoms with Gasteiger partial charge in [-0.3, -0.25) is 4.79 Å². The Morgan fingerprint density at radius 1 is 1.28 bits per heavy atom. The van der Waals surface area contributed by atoms with Gasteiger partial charge in [-0.15, -0.1) is 6.42 Å². The molecule has 2 aromatic rings. The Morgan fingerprint density at radius 2 is 2.16 bits per heavy atom. The zero-order valence-corrected chi connectivity index (χ0v) is 13.4. The van der Waals surface area contributed by atoms with E-state index in [1.165, 1.54) is 0 Å². The molecule has 126 valence electrons. The van der Waals surface area contributed by atoms with Crippen molar-refractivity contribution in [3.8, 4) is 29.6 Å². The number of nitrogens with one attached hydrogen (secondary N) is 1. The standard InChI is InChI=1S/C19H16N2O4/c1-2-8-23-16-5-3-4-15(9-16)12-20-21-19(22)11-14-6-7-17-18(10-14)25-13-24-17/h1,3-7,9-10,12H,8,11,13H2,(H,21,22)/b20-12+. The van der Waals surface area contributed by atoms with Crippen molar-refractivity contribution in [2.75, 3.05) is 13.4 Å². The minimum Gasteiger partial charge on any atom is -0.481 e. The average Bonchev–Trinajstić information content (AvgIpc) is 3.08. The van der Waals surface area contributed by atoms with E-state index >= 15 is 0 Å². The summed E-state index contributed by atoms with van der Waals surface area (Å²) in [6, 6.07) is 12.6. The fourth-order valence-electron chi connectivity index (χ4n) is 2.26. The van der Waals surface area contributed by atoms with Crippen molar-refractivity contribution in [2.24, 2.45) is 5.10 Å². The first kappa shape index (κ1) is 16.4. The molecular formula is C19H16N2O4. The van der Waals surface area contributed by atoms with Crippen molar-refractivity contribution in [2.45, 2.75) is 6.42 Å². The largest absolute Gasteiger partial charge is 0.481 e. The Labute approximate surface area is 145 Å². The lowest BCUT2D eigenvalue weighted by Gasteiger charge is -2.03. The van der Waals surface area contributed by atoms with Crippen LogP contribution in [0.1, 0.15) is 11.1 Å². The Morgan fingerprint density at radius 3 is 3.04 bits per heavy atom. The van der Waals surface area contributed by atoms with E-state index in [1.54, 1.807) is 30.5 Å². The van der Waals surface area contributed by atoms with Gasteiger partial charge >= 0.3 is 0 Å². The monoisotopic (exact) mass is 336 g/mol. The first-order valence-electron chi connectivity index (χ1n) is 7.61. The zero-order chi connectivity index (χ0) is 17.5. The van der Waals surface area contributed by atoms with Gasteiger partial charge < -0.3 is 14.2 Å². The van der Waals surface area contributed by atoms with Gasteiger partial charge in [0, 0.05) is 0 Å². The van der Waals surface area contributed by atoms with E-state index < -0.39 is 0 Å². The lowest BCUT2D eigenvalue weighted by atomic mass is 10.1. The van der Waals surface area contributed by atoms with Crippen molar-refractivity contribution in [3.05, 3.63) is 53.6 Å². The summed E-state index contributed by atoms with van der Waals surface area (Å²) in [6.07, 6.45) is 6.89. The van der Waals surface area contributed by atoms with Gasteiger partial charge in [0.25, 0.3) is 0 Å². The molecule has 6 heteroatoms. The topological polar surface area (TPSA) is 69.2 Å². The first-order chi connectivity index (χ1) is 12.2. The fraction of sp³-hybridized carbons (Fsp3) is 0.158. The number of nitrogens with zero attached hydrogens (tertiary/aromatic N) is 1. The maximum absolute atomic E-state index is 12.0. The van der Waals surface area contributed by atoms with E-state index in [4.69, 9.17) is 20.6 Å². The van der Waals surface area contributed by atoms with Crippen LogP contribution < -0.4 is 19.6 Å². The molecule has 6 nitrogen and oxygen atoms in total. The number of amides is 1. The maximum Gasteiger partial charge on any atom is 0.244 e. The third kappa shape index (κ3) is 4.52. The second kappa shape index (κ2) is 7.88. The molecule has 1 heterocycles. The Hall–Kier alpha value is -3.46. The second-order valence-electron chi connectivity index (χ2n) is 5.22. The number of benzene rings is 2. The predicted octanol–water partition coefficient (Wildman–Crippen LogP) is 2.12. The number of fused-ring (bicyclic) bond motifs is 1. The molecule has 1 amide bonds. The van der Waals surface area contributed by atoms with Gasteiger partial charge in [-0.05, 0) is 35.4 Å². The molecule has 25 heavy (non-hydrogen) atoms. The third-order valence-electron chi connectivity index (χ3n) is 3.38. The highest BCUT2D eigenvalue weighted by atomic mass is 16.7. The summed E-state index contributed by atoms with van der Waals surface area (Å²) in [7, 11) is 0. The Bertz CT molecular complexity index is 840. The van der Waals surface area contributed by atoms with Crippen LogP contribution in [0.2, 0.25) is 0 Å². The smallest absolute Gasteiger partial charge is 0.244 e. The lowest BCUT2D eigenvalue weighted by Crippen LogP contribution is -2.19. The van der Waals surface area contributed by atoms with E-state index in [1.807, 2.05) is 18.2 Å². The van der Waals surface area contributed by atoms with Crippen LogP contribution in [0.25, 0.3) is 0 Å². The molecule has 0 unspecified atom stereocenters. The Balaban J connectivity index is 1.53. The fourth-order valence-corrected chi connectivity index (χ4v) is 2.26. The SMILES string of the molecule is C#CCOc1cccc(/C=N/NC(=O)Cc2ccc3c(c2)OCO3)c1. The molecule has 1 N–H and O–H groups in total. The van der Waals surface area contributed by atoms with E-state index in [0.717, 1.165) is 11.1 Å². The van der Waals surface area contributed by atoms with E-state index in [9.17, 15) is 4.79 Å². The molecule has 0 saturated heterocycles. The summed E-state index contributed by atoms with van der Waals surface area (Å²) in [5.41, 5.74) is 4.11. The number of carbonyl (C=O) groups excluding carboxylic acids is 1. The Kier molecular flexibility index (Phi) is 5.17. The molecule has 3 rings (SSSR count). The third-order valence-corrected chi connectivity index (χ3v) is 3.38. The summed E-state index contributed by atoms with van der Waals surface area (Å²) in [6.45, 7) is 0.409. The minimum absolute atomic E-state index is 0.194. The molecule has 1 aliphatic rings. The summed E-state index contributed by atoms with van der Waals surface area (Å²) in [5, 5.41) is 3.96. The molecule has 1 aliphatic heterocycles. The van der Waals surface area contributed by atoms with Crippen LogP contribution in [0.4, 0.5) is 0 Å². The highest BCUT2D eigenvalue weighted by Crippen LogP contribution is 2.32. The van der Waals surface area contributed by atoms with Gasteiger partial charge in [0.1, 0.15) is 12.4 Å². The van der Waals surface area contributed by atoms with Crippen LogP contribution in [-0.2, 0) is 11.2 Å². The van der Waals surface area contributed by atoms with Gasteiger partial charge in [-0.2, -0.15) is 5.10 Å². The highest BCUT2D eigenvalue weighted by Gasteiger charge is 2.14. The minimum atomic E-state index is -0.227. The molecule has 0 aromatic heterocycles. The molecule has 0 radical (unpaired) electrons. The van der Waals surface area contributed by atoms with Crippen molar-refractivity contribution in [3.63, 3.8) is 0 Å². The molecule has 0 saturated carbocycles. The first-order valence-corrected chi connectivity index (χ1v) is 7.61. The molecular weight excluding hydrogens is 320 g/mol. The molecule has 0 atom stereocenters. The van der Waals surface area contributed by atoms with Crippen molar-refractivity contribution >= 4 is 12.1 Å². The normalized spacial score (nSPS) is 12.0. The van der Waals surface area contributed by atoms with Crippen LogP contribution in [0.5, 0.6) is 17.2 Å². The van der Waals surface area contributed by atoms with Crippen LogP contribution in [-0.4, -0.2) is 25.5 Å². The summed E-state index contributed by atoms with van der Waals surface area (Å²) in [4.78, 5) is 12.0. The lowest BCUT2D eigenvalue weighted by molar-refractivity contribution is -0.120. The molecule has 0 spiro atoms. The molecule has 2 aromatic carbocycles. The van der Waals surface area contributed by atoms with Crippen molar-refractivity contribution < 1.29 is 19.0 Å². The summed E-state index contributed by atoms with van der Waals surface area (Å²) < 4.78 is 15.9. The van der Waals surface area contributed by atoms with E-state index in [2.05, 4.69) is 16.4 Å². The average molecular weight is 336 g/mol. The van der Waals surface area contributed by atoms with Gasteiger partial charge in [0.2, 0.25) is 12.7 Å². The molecule has 0 aliphatic carbocycles. The van der Waals surface area contributed by atoms with Crippen LogP contribution in [0.3, 0.4) is 0 Å². The van der Waals surface area contributed by atoms with Gasteiger partial charge in [0.05, 0.1) is 12.6 Å². The van der Waals surface area contributed by atoms with Gasteiger partial charge in [0.15, 0.2) is 11.5 Å². The van der Waals surface area contributed by atoms with Crippen LogP contribution in [0, 0.1) is 12.3 Å². The second-order valence-corrected chi connectivity index (χ2v) is 5.22. The number of terminal acetylenes is 1.